The third-order valence-corrected chi connectivity index (χ3v) is 4.95. The van der Waals surface area contributed by atoms with Gasteiger partial charge in [-0.1, -0.05) is 42.5 Å². The van der Waals surface area contributed by atoms with Gasteiger partial charge in [-0.15, -0.1) is 0 Å². The second-order valence-corrected chi connectivity index (χ2v) is 7.29. The number of methoxy groups -OCH3 is 1. The van der Waals surface area contributed by atoms with E-state index in [1.165, 1.54) is 53.0 Å². The number of H-pyrrole nitrogens is 1. The number of nitrogens with one attached hydrogen (secondary N) is 1. The third kappa shape index (κ3) is 6.05. The lowest BCUT2D eigenvalue weighted by molar-refractivity contribution is -0.114. The minimum absolute atomic E-state index is 0.115. The van der Waals surface area contributed by atoms with Gasteiger partial charge in [0, 0.05) is 26.3 Å². The normalized spacial score (nSPS) is 11.1. The summed E-state index contributed by atoms with van der Waals surface area (Å²) in [5.74, 6) is -1.02. The largest absolute Gasteiger partial charge is 0.385 e. The molecule has 0 atom stereocenters. The van der Waals surface area contributed by atoms with Crippen LogP contribution < -0.4 is 21.9 Å². The van der Waals surface area contributed by atoms with E-state index >= 15 is 0 Å². The van der Waals surface area contributed by atoms with E-state index in [9.17, 15) is 18.8 Å². The number of aromatic nitrogens is 2. The number of hydrogen-bond donors (Lipinski definition) is 2. The summed E-state index contributed by atoms with van der Waals surface area (Å²) in [6.07, 6.45) is 3.21. The van der Waals surface area contributed by atoms with Crippen molar-refractivity contribution in [2.75, 3.05) is 30.9 Å². The van der Waals surface area contributed by atoms with Crippen molar-refractivity contribution >= 4 is 23.5 Å². The maximum Gasteiger partial charge on any atom is 0.330 e. The molecule has 0 saturated carbocycles. The van der Waals surface area contributed by atoms with Crippen LogP contribution in [-0.2, 0) is 16.1 Å². The Balaban J connectivity index is 1.99. The molecular weight excluding hydrogens is 427 g/mol. The van der Waals surface area contributed by atoms with Crippen LogP contribution in [0.3, 0.4) is 0 Å². The molecule has 3 rings (SSSR count). The summed E-state index contributed by atoms with van der Waals surface area (Å²) >= 11 is 0. The number of nitrogen functional groups attached to an aromatic ring is 1. The Morgan fingerprint density at radius 1 is 1.15 bits per heavy atom. The smallest absolute Gasteiger partial charge is 0.330 e. The number of anilines is 2. The fourth-order valence-electron chi connectivity index (χ4n) is 3.29. The molecule has 33 heavy (non-hydrogen) atoms. The van der Waals surface area contributed by atoms with Crippen molar-refractivity contribution < 1.29 is 13.9 Å². The van der Waals surface area contributed by atoms with Crippen LogP contribution in [0.2, 0.25) is 0 Å². The van der Waals surface area contributed by atoms with Gasteiger partial charge in [0.25, 0.3) is 11.5 Å². The Hall–Kier alpha value is -3.98. The average molecular weight is 452 g/mol. The van der Waals surface area contributed by atoms with Crippen LogP contribution >= 0.6 is 0 Å². The summed E-state index contributed by atoms with van der Waals surface area (Å²) < 4.78 is 19.4. The monoisotopic (exact) mass is 452 g/mol. The number of hydrogen-bond acceptors (Lipinski definition) is 5. The molecule has 1 heterocycles. The Morgan fingerprint density at radius 2 is 1.85 bits per heavy atom. The van der Waals surface area contributed by atoms with Gasteiger partial charge in [0.2, 0.25) is 0 Å². The lowest BCUT2D eigenvalue weighted by atomic mass is 10.2. The second kappa shape index (κ2) is 11.1. The molecule has 0 aliphatic carbocycles. The predicted octanol–water partition coefficient (Wildman–Crippen LogP) is 2.39. The van der Waals surface area contributed by atoms with Gasteiger partial charge < -0.3 is 15.4 Å². The number of rotatable bonds is 9. The second-order valence-electron chi connectivity index (χ2n) is 7.29. The van der Waals surface area contributed by atoms with Crippen molar-refractivity contribution in [3.8, 4) is 0 Å². The van der Waals surface area contributed by atoms with Crippen LogP contribution in [0, 0.1) is 5.82 Å². The number of amides is 1. The molecule has 0 fully saturated rings. The van der Waals surface area contributed by atoms with Gasteiger partial charge in [-0.2, -0.15) is 0 Å². The highest BCUT2D eigenvalue weighted by Crippen LogP contribution is 2.19. The highest BCUT2D eigenvalue weighted by Gasteiger charge is 2.23. The first-order chi connectivity index (χ1) is 15.9. The van der Waals surface area contributed by atoms with Gasteiger partial charge in [0.05, 0.1) is 6.54 Å². The van der Waals surface area contributed by atoms with E-state index in [0.717, 1.165) is 5.56 Å². The van der Waals surface area contributed by atoms with Gasteiger partial charge in [0.15, 0.2) is 5.69 Å². The summed E-state index contributed by atoms with van der Waals surface area (Å²) in [6.45, 7) is 0.616. The highest BCUT2D eigenvalue weighted by atomic mass is 19.1. The first kappa shape index (κ1) is 23.7. The average Bonchev–Trinajstić information content (AvgIpc) is 2.81. The Kier molecular flexibility index (Phi) is 7.93. The Labute approximate surface area is 189 Å². The summed E-state index contributed by atoms with van der Waals surface area (Å²) in [5.41, 5.74) is 6.12. The summed E-state index contributed by atoms with van der Waals surface area (Å²) in [6, 6.07) is 14.7. The van der Waals surface area contributed by atoms with E-state index in [1.807, 2.05) is 30.3 Å². The van der Waals surface area contributed by atoms with Crippen molar-refractivity contribution in [1.82, 2.24) is 9.55 Å². The van der Waals surface area contributed by atoms with Crippen molar-refractivity contribution in [2.24, 2.45) is 0 Å². The Morgan fingerprint density at radius 3 is 2.52 bits per heavy atom. The van der Waals surface area contributed by atoms with Crippen molar-refractivity contribution in [3.05, 3.63) is 98.5 Å². The summed E-state index contributed by atoms with van der Waals surface area (Å²) in [4.78, 5) is 41.7. The molecule has 3 N–H and O–H groups in total. The van der Waals surface area contributed by atoms with Gasteiger partial charge in [-0.3, -0.25) is 19.1 Å². The minimum atomic E-state index is -0.761. The molecule has 0 spiro atoms. The zero-order chi connectivity index (χ0) is 23.8. The molecule has 8 nitrogen and oxygen atoms in total. The fraction of sp³-hybridized carbons (Fsp3) is 0.208. The summed E-state index contributed by atoms with van der Waals surface area (Å²) in [5, 5.41) is 0. The zero-order valence-corrected chi connectivity index (χ0v) is 18.2. The maximum atomic E-state index is 13.1. The van der Waals surface area contributed by atoms with Crippen LogP contribution in [0.1, 0.15) is 17.5 Å². The molecule has 1 aromatic heterocycles. The quantitative estimate of drug-likeness (QED) is 0.383. The third-order valence-electron chi connectivity index (χ3n) is 4.95. The molecule has 9 heteroatoms. The topological polar surface area (TPSA) is 110 Å². The van der Waals surface area contributed by atoms with Gasteiger partial charge in [-0.05, 0) is 35.8 Å². The molecule has 0 radical (unpaired) electrons. The molecule has 0 bridgehead atoms. The summed E-state index contributed by atoms with van der Waals surface area (Å²) in [7, 11) is 1.53. The molecule has 0 unspecified atom stereocenters. The molecule has 0 aliphatic rings. The van der Waals surface area contributed by atoms with E-state index < -0.39 is 17.2 Å². The number of carbonyl (C=O) groups excluding carboxylic acids is 1. The number of benzene rings is 2. The number of halogens is 1. The Bertz CT molecular complexity index is 1230. The first-order valence-corrected chi connectivity index (χ1v) is 10.3. The molecule has 172 valence electrons. The van der Waals surface area contributed by atoms with E-state index in [0.29, 0.717) is 18.6 Å². The molecule has 1 amide bonds. The SMILES string of the molecule is COCCCN(C(=O)C=Cc1ccc(F)cc1)c1c(N)n(Cc2ccccc2)c(=O)[nH]c1=O. The van der Waals surface area contributed by atoms with Crippen LogP contribution in [0.15, 0.2) is 70.3 Å². The fourth-order valence-corrected chi connectivity index (χ4v) is 3.29. The van der Waals surface area contributed by atoms with E-state index in [-0.39, 0.29) is 30.4 Å². The van der Waals surface area contributed by atoms with E-state index in [2.05, 4.69) is 4.98 Å². The standard InChI is InChI=1S/C24H25FN4O4/c1-33-15-5-14-28(20(30)13-10-17-8-11-19(25)12-9-17)21-22(26)29(24(32)27-23(21)31)16-18-6-3-2-4-7-18/h2-4,6-13H,5,14-16,26H2,1H3,(H,27,31,32). The lowest BCUT2D eigenvalue weighted by Gasteiger charge is -2.23. The molecular formula is C24H25FN4O4. The number of aromatic amines is 1. The minimum Gasteiger partial charge on any atom is -0.385 e. The van der Waals surface area contributed by atoms with Gasteiger partial charge >= 0.3 is 5.69 Å². The van der Waals surface area contributed by atoms with E-state index in [4.69, 9.17) is 10.5 Å². The highest BCUT2D eigenvalue weighted by molar-refractivity contribution is 6.05. The molecule has 0 aliphatic heterocycles. The van der Waals surface area contributed by atoms with Crippen LogP contribution in [0.25, 0.3) is 6.08 Å². The number of nitrogens with zero attached hydrogens (tertiary/aromatic N) is 2. The van der Waals surface area contributed by atoms with Crippen molar-refractivity contribution in [2.45, 2.75) is 13.0 Å². The zero-order valence-electron chi connectivity index (χ0n) is 18.2. The lowest BCUT2D eigenvalue weighted by Crippen LogP contribution is -2.41. The van der Waals surface area contributed by atoms with Gasteiger partial charge in [0.1, 0.15) is 11.6 Å². The van der Waals surface area contributed by atoms with Gasteiger partial charge in [-0.25, -0.2) is 9.18 Å². The van der Waals surface area contributed by atoms with Crippen LogP contribution in [-0.4, -0.2) is 35.7 Å². The van der Waals surface area contributed by atoms with E-state index in [1.54, 1.807) is 0 Å². The maximum absolute atomic E-state index is 13.1. The predicted molar refractivity (Wildman–Crippen MR) is 126 cm³/mol. The van der Waals surface area contributed by atoms with Crippen LogP contribution in [0.4, 0.5) is 15.9 Å². The first-order valence-electron chi connectivity index (χ1n) is 10.3. The molecule has 0 saturated heterocycles. The van der Waals surface area contributed by atoms with Crippen LogP contribution in [0.5, 0.6) is 0 Å². The number of carbonyl (C=O) groups is 1. The number of ether oxygens (including phenoxy) is 1. The van der Waals surface area contributed by atoms with Crippen molar-refractivity contribution in [1.29, 1.82) is 0 Å². The number of nitrogens with two attached hydrogens (primary N) is 1. The van der Waals surface area contributed by atoms with Crippen molar-refractivity contribution in [3.63, 3.8) is 0 Å². The molecule has 3 aromatic rings. The molecule has 2 aromatic carbocycles.